The van der Waals surface area contributed by atoms with E-state index in [-0.39, 0.29) is 5.78 Å². The van der Waals surface area contributed by atoms with E-state index in [1.54, 1.807) is 18.2 Å². The minimum Gasteiger partial charge on any atom is -0.454 e. The van der Waals surface area contributed by atoms with Crippen molar-refractivity contribution >= 4 is 28.4 Å². The van der Waals surface area contributed by atoms with Crippen molar-refractivity contribution in [2.75, 3.05) is 0 Å². The summed E-state index contributed by atoms with van der Waals surface area (Å²) in [5.41, 5.74) is 1.38. The molecule has 0 aliphatic rings. The van der Waals surface area contributed by atoms with E-state index in [1.165, 1.54) is 25.1 Å². The maximum absolute atomic E-state index is 13.5. The van der Waals surface area contributed by atoms with E-state index in [0.29, 0.717) is 27.5 Å². The van der Waals surface area contributed by atoms with Crippen LogP contribution in [-0.4, -0.2) is 5.78 Å². The SMILES string of the molecule is CC(=O)c1ccc(F)cc1-c1cc2cccc(Cl)c2o1. The Labute approximate surface area is 119 Å². The Bertz CT molecular complexity index is 820. The molecule has 0 radical (unpaired) electrons. The van der Waals surface area contributed by atoms with Crippen molar-refractivity contribution in [1.29, 1.82) is 0 Å². The third-order valence-corrected chi connectivity index (χ3v) is 3.42. The second kappa shape index (κ2) is 4.76. The maximum Gasteiger partial charge on any atom is 0.160 e. The Hall–Kier alpha value is -2.13. The Balaban J connectivity index is 2.27. The van der Waals surface area contributed by atoms with Gasteiger partial charge in [-0.05, 0) is 37.3 Å². The fourth-order valence-electron chi connectivity index (χ4n) is 2.19. The van der Waals surface area contributed by atoms with Crippen LogP contribution in [0.25, 0.3) is 22.3 Å². The number of Topliss-reactive ketones (excluding diaryl/α,β-unsaturated/α-hetero) is 1. The molecule has 1 heterocycles. The van der Waals surface area contributed by atoms with Gasteiger partial charge in [-0.25, -0.2) is 4.39 Å². The highest BCUT2D eigenvalue weighted by Crippen LogP contribution is 2.34. The van der Waals surface area contributed by atoms with Crippen LogP contribution < -0.4 is 0 Å². The molecule has 0 saturated carbocycles. The second-order valence-corrected chi connectivity index (χ2v) is 4.92. The van der Waals surface area contributed by atoms with Crippen LogP contribution in [-0.2, 0) is 0 Å². The van der Waals surface area contributed by atoms with Crippen LogP contribution in [0.15, 0.2) is 46.9 Å². The molecule has 0 spiro atoms. The minimum absolute atomic E-state index is 0.147. The highest BCUT2D eigenvalue weighted by molar-refractivity contribution is 6.34. The van der Waals surface area contributed by atoms with E-state index in [0.717, 1.165) is 5.39 Å². The molecule has 0 aliphatic heterocycles. The van der Waals surface area contributed by atoms with Crippen LogP contribution in [0.1, 0.15) is 17.3 Å². The molecule has 0 atom stereocenters. The van der Waals surface area contributed by atoms with Crippen LogP contribution >= 0.6 is 11.6 Å². The zero-order valence-electron chi connectivity index (χ0n) is 10.6. The summed E-state index contributed by atoms with van der Waals surface area (Å²) in [4.78, 5) is 11.6. The molecular weight excluding hydrogens is 279 g/mol. The van der Waals surface area contributed by atoms with Gasteiger partial charge in [-0.1, -0.05) is 23.7 Å². The highest BCUT2D eigenvalue weighted by Gasteiger charge is 2.15. The molecule has 0 amide bonds. The molecule has 100 valence electrons. The number of carbonyl (C=O) groups excluding carboxylic acids is 1. The normalized spacial score (nSPS) is 10.9. The van der Waals surface area contributed by atoms with E-state index in [9.17, 15) is 9.18 Å². The molecule has 2 aromatic carbocycles. The molecule has 0 bridgehead atoms. The van der Waals surface area contributed by atoms with Gasteiger partial charge in [0.2, 0.25) is 0 Å². The Morgan fingerprint density at radius 3 is 2.70 bits per heavy atom. The topological polar surface area (TPSA) is 30.2 Å². The maximum atomic E-state index is 13.5. The summed E-state index contributed by atoms with van der Waals surface area (Å²) >= 11 is 6.06. The van der Waals surface area contributed by atoms with Crippen molar-refractivity contribution in [3.05, 3.63) is 58.9 Å². The second-order valence-electron chi connectivity index (χ2n) is 4.51. The molecular formula is C16H10ClFO2. The molecule has 1 aromatic heterocycles. The van der Waals surface area contributed by atoms with Gasteiger partial charge < -0.3 is 4.42 Å². The van der Waals surface area contributed by atoms with Gasteiger partial charge >= 0.3 is 0 Å². The van der Waals surface area contributed by atoms with Crippen molar-refractivity contribution in [2.24, 2.45) is 0 Å². The van der Waals surface area contributed by atoms with Crippen LogP contribution in [0, 0.1) is 5.82 Å². The van der Waals surface area contributed by atoms with Gasteiger partial charge in [-0.15, -0.1) is 0 Å². The molecule has 0 aliphatic carbocycles. The summed E-state index contributed by atoms with van der Waals surface area (Å²) in [6.45, 7) is 1.44. The lowest BCUT2D eigenvalue weighted by molar-refractivity contribution is 0.101. The molecule has 0 N–H and O–H groups in total. The van der Waals surface area contributed by atoms with Gasteiger partial charge in [0, 0.05) is 16.5 Å². The number of halogens is 2. The van der Waals surface area contributed by atoms with E-state index in [1.807, 2.05) is 6.07 Å². The molecule has 2 nitrogen and oxygen atoms in total. The molecule has 3 rings (SSSR count). The Morgan fingerprint density at radius 2 is 2.00 bits per heavy atom. The van der Waals surface area contributed by atoms with Gasteiger partial charge in [0.25, 0.3) is 0 Å². The predicted octanol–water partition coefficient (Wildman–Crippen LogP) is 5.09. The van der Waals surface area contributed by atoms with E-state index >= 15 is 0 Å². The van der Waals surface area contributed by atoms with Crippen molar-refractivity contribution < 1.29 is 13.6 Å². The van der Waals surface area contributed by atoms with E-state index in [4.69, 9.17) is 16.0 Å². The summed E-state index contributed by atoms with van der Waals surface area (Å²) in [6.07, 6.45) is 0. The van der Waals surface area contributed by atoms with Gasteiger partial charge in [-0.3, -0.25) is 4.79 Å². The molecule has 0 fully saturated rings. The first kappa shape index (κ1) is 12.9. The Morgan fingerprint density at radius 1 is 1.20 bits per heavy atom. The lowest BCUT2D eigenvalue weighted by Crippen LogP contribution is -1.96. The third kappa shape index (κ3) is 2.10. The largest absolute Gasteiger partial charge is 0.454 e. The molecule has 0 saturated heterocycles. The first-order chi connectivity index (χ1) is 9.56. The third-order valence-electron chi connectivity index (χ3n) is 3.12. The van der Waals surface area contributed by atoms with Crippen LogP contribution in [0.3, 0.4) is 0 Å². The fourth-order valence-corrected chi connectivity index (χ4v) is 2.41. The molecule has 20 heavy (non-hydrogen) atoms. The summed E-state index contributed by atoms with van der Waals surface area (Å²) in [7, 11) is 0. The zero-order chi connectivity index (χ0) is 14.3. The average Bonchev–Trinajstić information content (AvgIpc) is 2.83. The van der Waals surface area contributed by atoms with Crippen molar-refractivity contribution in [1.82, 2.24) is 0 Å². The minimum atomic E-state index is -0.420. The number of ketones is 1. The standard InChI is InChI=1S/C16H10ClFO2/c1-9(19)12-6-5-11(18)8-13(12)15-7-10-3-2-4-14(17)16(10)20-15/h2-8H,1H3. The number of furan rings is 1. The van der Waals surface area contributed by atoms with Gasteiger partial charge in [-0.2, -0.15) is 0 Å². The van der Waals surface area contributed by atoms with E-state index < -0.39 is 5.82 Å². The first-order valence-corrected chi connectivity index (χ1v) is 6.43. The molecule has 4 heteroatoms. The van der Waals surface area contributed by atoms with Crippen LogP contribution in [0.2, 0.25) is 5.02 Å². The first-order valence-electron chi connectivity index (χ1n) is 6.05. The number of hydrogen-bond donors (Lipinski definition) is 0. The van der Waals surface area contributed by atoms with E-state index in [2.05, 4.69) is 0 Å². The lowest BCUT2D eigenvalue weighted by Gasteiger charge is -2.04. The highest BCUT2D eigenvalue weighted by atomic mass is 35.5. The van der Waals surface area contributed by atoms with Crippen LogP contribution in [0.4, 0.5) is 4.39 Å². The summed E-state index contributed by atoms with van der Waals surface area (Å²) < 4.78 is 19.1. The average molecular weight is 289 g/mol. The summed E-state index contributed by atoms with van der Waals surface area (Å²) in [5.74, 6) is -0.138. The predicted molar refractivity (Wildman–Crippen MR) is 76.6 cm³/mol. The van der Waals surface area contributed by atoms with Crippen molar-refractivity contribution in [3.63, 3.8) is 0 Å². The monoisotopic (exact) mass is 288 g/mol. The number of benzene rings is 2. The number of rotatable bonds is 2. The zero-order valence-corrected chi connectivity index (χ0v) is 11.4. The van der Waals surface area contributed by atoms with Crippen molar-refractivity contribution in [2.45, 2.75) is 6.92 Å². The number of carbonyl (C=O) groups is 1. The van der Waals surface area contributed by atoms with Crippen LogP contribution in [0.5, 0.6) is 0 Å². The quantitative estimate of drug-likeness (QED) is 0.614. The number of fused-ring (bicyclic) bond motifs is 1. The summed E-state index contributed by atoms with van der Waals surface area (Å²) in [5, 5.41) is 1.29. The number of hydrogen-bond acceptors (Lipinski definition) is 2. The number of para-hydroxylation sites is 1. The smallest absolute Gasteiger partial charge is 0.160 e. The molecule has 3 aromatic rings. The van der Waals surface area contributed by atoms with Gasteiger partial charge in [0.1, 0.15) is 11.6 Å². The van der Waals surface area contributed by atoms with Crippen molar-refractivity contribution in [3.8, 4) is 11.3 Å². The fraction of sp³-hybridized carbons (Fsp3) is 0.0625. The molecule has 0 unspecified atom stereocenters. The summed E-state index contributed by atoms with van der Waals surface area (Å²) in [6, 6.07) is 11.1. The lowest BCUT2D eigenvalue weighted by atomic mass is 10.0. The van der Waals surface area contributed by atoms with Gasteiger partial charge in [0.15, 0.2) is 11.4 Å². The van der Waals surface area contributed by atoms with Gasteiger partial charge in [0.05, 0.1) is 5.02 Å². The Kier molecular flexibility index (Phi) is 3.07.